The molecule has 1 N–H and O–H groups in total. The van der Waals surface area contributed by atoms with E-state index in [1.165, 1.54) is 18.4 Å². The van der Waals surface area contributed by atoms with Crippen LogP contribution in [0.4, 0.5) is 0 Å². The van der Waals surface area contributed by atoms with Crippen molar-refractivity contribution in [3.8, 4) is 11.3 Å². The first-order valence-corrected chi connectivity index (χ1v) is 12.4. The number of piperidine rings is 1. The van der Waals surface area contributed by atoms with Gasteiger partial charge in [-0.2, -0.15) is 0 Å². The van der Waals surface area contributed by atoms with Gasteiger partial charge in [0.1, 0.15) is 0 Å². The van der Waals surface area contributed by atoms with Gasteiger partial charge in [-0.25, -0.2) is 0 Å². The minimum Gasteiger partial charge on any atom is -0.349 e. The van der Waals surface area contributed by atoms with Crippen molar-refractivity contribution in [2.75, 3.05) is 7.05 Å². The largest absolute Gasteiger partial charge is 0.349 e. The van der Waals surface area contributed by atoms with Crippen molar-refractivity contribution >= 4 is 16.8 Å². The van der Waals surface area contributed by atoms with Crippen LogP contribution in [0.15, 0.2) is 84.9 Å². The normalized spacial score (nSPS) is 22.2. The SMILES string of the molecule is CN1[C@@H]2CC[C@H]1CC(NC(=O)c1c(-c3ccccc3)n(Cc3ccccc3)c3ccccc13)C2. The molecule has 4 aromatic rings. The minimum atomic E-state index is 0.0517. The van der Waals surface area contributed by atoms with Crippen LogP contribution in [-0.4, -0.2) is 40.5 Å². The van der Waals surface area contributed by atoms with E-state index in [1.807, 2.05) is 18.2 Å². The fraction of sp³-hybridized carbons (Fsp3) is 0.300. The van der Waals surface area contributed by atoms with Crippen LogP contribution in [0.1, 0.15) is 41.6 Å². The molecule has 6 rings (SSSR count). The molecule has 172 valence electrons. The molecule has 2 saturated heterocycles. The molecule has 4 nitrogen and oxygen atoms in total. The summed E-state index contributed by atoms with van der Waals surface area (Å²) in [6, 6.07) is 30.6. The summed E-state index contributed by atoms with van der Waals surface area (Å²) in [7, 11) is 2.24. The van der Waals surface area contributed by atoms with E-state index in [2.05, 4.69) is 88.6 Å². The minimum absolute atomic E-state index is 0.0517. The molecule has 1 aromatic heterocycles. The van der Waals surface area contributed by atoms with Crippen molar-refractivity contribution in [1.29, 1.82) is 0 Å². The monoisotopic (exact) mass is 449 g/mol. The molecule has 2 aliphatic heterocycles. The van der Waals surface area contributed by atoms with Crippen LogP contribution >= 0.6 is 0 Å². The third-order valence-electron chi connectivity index (χ3n) is 7.86. The maximum Gasteiger partial charge on any atom is 0.254 e. The third kappa shape index (κ3) is 3.72. The third-order valence-corrected chi connectivity index (χ3v) is 7.86. The number of hydrogen-bond acceptors (Lipinski definition) is 2. The highest BCUT2D eigenvalue weighted by molar-refractivity contribution is 6.13. The topological polar surface area (TPSA) is 37.3 Å². The van der Waals surface area contributed by atoms with Gasteiger partial charge in [0.05, 0.1) is 11.3 Å². The summed E-state index contributed by atoms with van der Waals surface area (Å²) < 4.78 is 2.31. The van der Waals surface area contributed by atoms with Gasteiger partial charge in [-0.3, -0.25) is 4.79 Å². The van der Waals surface area contributed by atoms with Crippen LogP contribution in [0.5, 0.6) is 0 Å². The number of carbonyl (C=O) groups is 1. The Morgan fingerprint density at radius 2 is 1.47 bits per heavy atom. The van der Waals surface area contributed by atoms with Crippen molar-refractivity contribution in [2.45, 2.75) is 50.4 Å². The van der Waals surface area contributed by atoms with Crippen LogP contribution in [0.3, 0.4) is 0 Å². The van der Waals surface area contributed by atoms with Crippen molar-refractivity contribution in [3.05, 3.63) is 96.1 Å². The van der Waals surface area contributed by atoms with E-state index >= 15 is 0 Å². The lowest BCUT2D eigenvalue weighted by molar-refractivity contribution is 0.0884. The van der Waals surface area contributed by atoms with Gasteiger partial charge in [0.2, 0.25) is 0 Å². The highest BCUT2D eigenvalue weighted by Crippen LogP contribution is 2.37. The molecule has 2 aliphatic rings. The second kappa shape index (κ2) is 8.77. The lowest BCUT2D eigenvalue weighted by atomic mass is 9.97. The first-order chi connectivity index (χ1) is 16.7. The molecular weight excluding hydrogens is 418 g/mol. The van der Waals surface area contributed by atoms with Crippen LogP contribution in [0.25, 0.3) is 22.2 Å². The number of aromatic nitrogens is 1. The number of rotatable bonds is 5. The van der Waals surface area contributed by atoms with E-state index in [4.69, 9.17) is 0 Å². The fourth-order valence-corrected chi connectivity index (χ4v) is 6.15. The molecule has 1 amide bonds. The smallest absolute Gasteiger partial charge is 0.254 e. The molecule has 0 spiro atoms. The Morgan fingerprint density at radius 1 is 0.853 bits per heavy atom. The van der Waals surface area contributed by atoms with Gasteiger partial charge in [0.15, 0.2) is 0 Å². The molecule has 2 bridgehead atoms. The van der Waals surface area contributed by atoms with E-state index in [0.717, 1.165) is 47.1 Å². The molecule has 4 heteroatoms. The molecule has 3 atom stereocenters. The number of benzene rings is 3. The van der Waals surface area contributed by atoms with E-state index < -0.39 is 0 Å². The zero-order valence-electron chi connectivity index (χ0n) is 19.7. The standard InChI is InChI=1S/C30H31N3O/c1-32-24-16-17-25(32)19-23(18-24)31-30(34)28-26-14-8-9-15-27(26)33(20-21-10-4-2-5-11-21)29(28)22-12-6-3-7-13-22/h2-15,23-25H,16-20H2,1H3,(H,31,34)/t23?,24-,25+. The van der Waals surface area contributed by atoms with Crippen molar-refractivity contribution in [1.82, 2.24) is 14.8 Å². The predicted octanol–water partition coefficient (Wildman–Crippen LogP) is 5.71. The number of nitrogens with zero attached hydrogens (tertiary/aromatic N) is 2. The summed E-state index contributed by atoms with van der Waals surface area (Å²) >= 11 is 0. The zero-order valence-corrected chi connectivity index (χ0v) is 19.7. The van der Waals surface area contributed by atoms with Gasteiger partial charge in [-0.1, -0.05) is 78.9 Å². The van der Waals surface area contributed by atoms with E-state index in [9.17, 15) is 4.79 Å². The van der Waals surface area contributed by atoms with Crippen LogP contribution in [-0.2, 0) is 6.54 Å². The Kier molecular flexibility index (Phi) is 5.46. The van der Waals surface area contributed by atoms with E-state index in [1.54, 1.807) is 0 Å². The fourth-order valence-electron chi connectivity index (χ4n) is 6.15. The Labute approximate surface area is 201 Å². The summed E-state index contributed by atoms with van der Waals surface area (Å²) in [5.74, 6) is 0.0517. The van der Waals surface area contributed by atoms with E-state index in [0.29, 0.717) is 12.1 Å². The van der Waals surface area contributed by atoms with Crippen molar-refractivity contribution < 1.29 is 4.79 Å². The highest BCUT2D eigenvalue weighted by atomic mass is 16.1. The lowest BCUT2D eigenvalue weighted by Crippen LogP contribution is -2.48. The van der Waals surface area contributed by atoms with E-state index in [-0.39, 0.29) is 11.9 Å². The molecule has 0 saturated carbocycles. The Balaban J connectivity index is 1.45. The number of para-hydroxylation sites is 1. The van der Waals surface area contributed by atoms with Gasteiger partial charge in [0.25, 0.3) is 5.91 Å². The zero-order chi connectivity index (χ0) is 23.1. The number of carbonyl (C=O) groups excluding carboxylic acids is 1. The highest BCUT2D eigenvalue weighted by Gasteiger charge is 2.39. The van der Waals surface area contributed by atoms with Gasteiger partial charge >= 0.3 is 0 Å². The maximum absolute atomic E-state index is 14.0. The predicted molar refractivity (Wildman–Crippen MR) is 138 cm³/mol. The molecule has 3 aromatic carbocycles. The molecule has 0 aliphatic carbocycles. The maximum atomic E-state index is 14.0. The van der Waals surface area contributed by atoms with Gasteiger partial charge < -0.3 is 14.8 Å². The summed E-state index contributed by atoms with van der Waals surface area (Å²) in [4.78, 5) is 16.5. The Morgan fingerprint density at radius 3 is 2.18 bits per heavy atom. The lowest BCUT2D eigenvalue weighted by Gasteiger charge is -2.36. The first kappa shape index (κ1) is 21.2. The van der Waals surface area contributed by atoms with Crippen molar-refractivity contribution in [3.63, 3.8) is 0 Å². The summed E-state index contributed by atoms with van der Waals surface area (Å²) in [5, 5.41) is 4.48. The second-order valence-electron chi connectivity index (χ2n) is 9.87. The van der Waals surface area contributed by atoms with Gasteiger partial charge in [-0.05, 0) is 49.9 Å². The molecule has 3 heterocycles. The summed E-state index contributed by atoms with van der Waals surface area (Å²) in [6.07, 6.45) is 4.59. The molecule has 2 fully saturated rings. The number of fused-ring (bicyclic) bond motifs is 3. The number of nitrogens with one attached hydrogen (secondary N) is 1. The first-order valence-electron chi connectivity index (χ1n) is 12.4. The quantitative estimate of drug-likeness (QED) is 0.424. The number of hydrogen-bond donors (Lipinski definition) is 1. The van der Waals surface area contributed by atoms with Gasteiger partial charge in [0, 0.05) is 35.6 Å². The molecule has 0 radical (unpaired) electrons. The van der Waals surface area contributed by atoms with Crippen molar-refractivity contribution in [2.24, 2.45) is 0 Å². The Hall–Kier alpha value is -3.37. The average Bonchev–Trinajstić information content (AvgIpc) is 3.28. The summed E-state index contributed by atoms with van der Waals surface area (Å²) in [5.41, 5.74) is 5.18. The second-order valence-corrected chi connectivity index (χ2v) is 9.87. The average molecular weight is 450 g/mol. The van der Waals surface area contributed by atoms with Crippen LogP contribution < -0.4 is 5.32 Å². The summed E-state index contributed by atoms with van der Waals surface area (Å²) in [6.45, 7) is 0.719. The van der Waals surface area contributed by atoms with Crippen LogP contribution in [0, 0.1) is 0 Å². The molecule has 34 heavy (non-hydrogen) atoms. The molecule has 1 unspecified atom stereocenters. The number of amides is 1. The van der Waals surface area contributed by atoms with Crippen LogP contribution in [0.2, 0.25) is 0 Å². The Bertz CT molecular complexity index is 1300. The molecular formula is C30H31N3O. The van der Waals surface area contributed by atoms with Gasteiger partial charge in [-0.15, -0.1) is 0 Å².